The number of hydrogen-bond donors (Lipinski definition) is 1. The van der Waals surface area contributed by atoms with Gasteiger partial charge in [0.2, 0.25) is 0 Å². The quantitative estimate of drug-likeness (QED) is 0.763. The van der Waals surface area contributed by atoms with Crippen molar-refractivity contribution in [3.63, 3.8) is 0 Å². The van der Waals surface area contributed by atoms with Crippen molar-refractivity contribution in [1.29, 1.82) is 0 Å². The molecule has 0 saturated carbocycles. The van der Waals surface area contributed by atoms with E-state index in [1.165, 1.54) is 49.3 Å². The van der Waals surface area contributed by atoms with Crippen molar-refractivity contribution in [2.75, 3.05) is 20.1 Å². The Morgan fingerprint density at radius 3 is 2.72 bits per heavy atom. The van der Waals surface area contributed by atoms with Crippen LogP contribution in [0.4, 0.5) is 0 Å². The summed E-state index contributed by atoms with van der Waals surface area (Å²) in [6.45, 7) is 9.32. The third-order valence-corrected chi connectivity index (χ3v) is 4.69. The van der Waals surface area contributed by atoms with Crippen LogP contribution in [0, 0.1) is 11.8 Å². The molecule has 0 spiro atoms. The highest BCUT2D eigenvalue weighted by Gasteiger charge is 2.36. The third kappa shape index (κ3) is 1.99. The minimum atomic E-state index is 0.164. The van der Waals surface area contributed by atoms with Crippen molar-refractivity contribution in [2.24, 2.45) is 11.8 Å². The number of nitrogens with zero attached hydrogens (tertiary/aromatic N) is 2. The molecule has 2 unspecified atom stereocenters. The lowest BCUT2D eigenvalue weighted by molar-refractivity contribution is 0.133. The predicted molar refractivity (Wildman–Crippen MR) is 73.8 cm³/mol. The summed E-state index contributed by atoms with van der Waals surface area (Å²) in [7, 11) is 2.26. The summed E-state index contributed by atoms with van der Waals surface area (Å²) in [4.78, 5) is 2.49. The fraction of sp³-hybridized carbons (Fsp3) is 0.800. The summed E-state index contributed by atoms with van der Waals surface area (Å²) < 4.78 is 0. The highest BCUT2D eigenvalue weighted by atomic mass is 15.1. The molecular weight excluding hydrogens is 222 g/mol. The predicted octanol–water partition coefficient (Wildman–Crippen LogP) is 2.37. The lowest BCUT2D eigenvalue weighted by atomic mass is 9.72. The van der Waals surface area contributed by atoms with Gasteiger partial charge in [0.1, 0.15) is 0 Å². The van der Waals surface area contributed by atoms with E-state index in [9.17, 15) is 0 Å². The van der Waals surface area contributed by atoms with Gasteiger partial charge in [0, 0.05) is 17.7 Å². The Labute approximate surface area is 110 Å². The SMILES string of the molecule is CN1CCC2Cc3[nH]nc(C(C)(C)C)c3CC2C1. The number of fused-ring (bicyclic) bond motifs is 2. The molecule has 3 rings (SSSR count). The molecule has 0 aromatic carbocycles. The van der Waals surface area contributed by atoms with Crippen LogP contribution < -0.4 is 0 Å². The van der Waals surface area contributed by atoms with Gasteiger partial charge in [0.25, 0.3) is 0 Å². The van der Waals surface area contributed by atoms with E-state index in [2.05, 4.69) is 42.9 Å². The summed E-state index contributed by atoms with van der Waals surface area (Å²) in [6.07, 6.45) is 3.80. The molecule has 2 heterocycles. The number of piperidine rings is 1. The zero-order chi connectivity index (χ0) is 12.9. The summed E-state index contributed by atoms with van der Waals surface area (Å²) in [5.41, 5.74) is 4.41. The molecule has 1 aliphatic heterocycles. The Balaban J connectivity index is 1.91. The van der Waals surface area contributed by atoms with Crippen LogP contribution in [-0.2, 0) is 18.3 Å². The zero-order valence-corrected chi connectivity index (χ0v) is 12.1. The monoisotopic (exact) mass is 247 g/mol. The van der Waals surface area contributed by atoms with Gasteiger partial charge >= 0.3 is 0 Å². The van der Waals surface area contributed by atoms with Crippen molar-refractivity contribution >= 4 is 0 Å². The molecule has 18 heavy (non-hydrogen) atoms. The van der Waals surface area contributed by atoms with Crippen LogP contribution >= 0.6 is 0 Å². The van der Waals surface area contributed by atoms with Gasteiger partial charge in [0.15, 0.2) is 0 Å². The second kappa shape index (κ2) is 4.09. The van der Waals surface area contributed by atoms with E-state index in [1.807, 2.05) is 0 Å². The van der Waals surface area contributed by atoms with Crippen molar-refractivity contribution in [3.8, 4) is 0 Å². The number of nitrogens with one attached hydrogen (secondary N) is 1. The minimum absolute atomic E-state index is 0.164. The van der Waals surface area contributed by atoms with E-state index in [1.54, 1.807) is 0 Å². The summed E-state index contributed by atoms with van der Waals surface area (Å²) in [5.74, 6) is 1.72. The summed E-state index contributed by atoms with van der Waals surface area (Å²) in [5, 5.41) is 7.92. The molecule has 2 aliphatic rings. The van der Waals surface area contributed by atoms with Crippen LogP contribution in [0.5, 0.6) is 0 Å². The molecule has 3 nitrogen and oxygen atoms in total. The van der Waals surface area contributed by atoms with Crippen molar-refractivity contribution in [1.82, 2.24) is 15.1 Å². The first-order valence-electron chi connectivity index (χ1n) is 7.20. The summed E-state index contributed by atoms with van der Waals surface area (Å²) in [6, 6.07) is 0. The molecule has 1 N–H and O–H groups in total. The fourth-order valence-electron chi connectivity index (χ4n) is 3.70. The average molecular weight is 247 g/mol. The van der Waals surface area contributed by atoms with E-state index in [4.69, 9.17) is 0 Å². The lowest BCUT2D eigenvalue weighted by Crippen LogP contribution is -2.42. The van der Waals surface area contributed by atoms with Gasteiger partial charge in [0.05, 0.1) is 5.69 Å². The van der Waals surface area contributed by atoms with Gasteiger partial charge in [-0.15, -0.1) is 0 Å². The van der Waals surface area contributed by atoms with Crippen LogP contribution in [0.3, 0.4) is 0 Å². The van der Waals surface area contributed by atoms with Gasteiger partial charge < -0.3 is 4.90 Å². The zero-order valence-electron chi connectivity index (χ0n) is 12.1. The molecular formula is C15H25N3. The molecule has 1 fully saturated rings. The average Bonchev–Trinajstić information content (AvgIpc) is 2.68. The number of aromatic amines is 1. The highest BCUT2D eigenvalue weighted by molar-refractivity contribution is 5.33. The molecule has 0 radical (unpaired) electrons. The Morgan fingerprint density at radius 2 is 2.00 bits per heavy atom. The van der Waals surface area contributed by atoms with Crippen LogP contribution in [0.15, 0.2) is 0 Å². The maximum absolute atomic E-state index is 4.61. The Kier molecular flexibility index (Phi) is 2.77. The van der Waals surface area contributed by atoms with Gasteiger partial charge in [-0.25, -0.2) is 0 Å². The number of aromatic nitrogens is 2. The number of rotatable bonds is 0. The van der Waals surface area contributed by atoms with Crippen LogP contribution in [0.25, 0.3) is 0 Å². The first-order chi connectivity index (χ1) is 8.45. The maximum Gasteiger partial charge on any atom is 0.0710 e. The maximum atomic E-state index is 4.61. The van der Waals surface area contributed by atoms with E-state index in [0.29, 0.717) is 0 Å². The third-order valence-electron chi connectivity index (χ3n) is 4.69. The van der Waals surface area contributed by atoms with Crippen molar-refractivity contribution < 1.29 is 0 Å². The van der Waals surface area contributed by atoms with E-state index < -0.39 is 0 Å². The van der Waals surface area contributed by atoms with E-state index in [0.717, 1.165) is 11.8 Å². The molecule has 1 aromatic rings. The molecule has 1 aliphatic carbocycles. The molecule has 3 heteroatoms. The standard InChI is InChI=1S/C15H25N3/c1-15(2,3)14-12-7-11-9-18(4)6-5-10(11)8-13(12)16-17-14/h10-11H,5-9H2,1-4H3,(H,16,17). The van der Waals surface area contributed by atoms with Gasteiger partial charge in [-0.1, -0.05) is 20.8 Å². The molecule has 1 aromatic heterocycles. The first-order valence-corrected chi connectivity index (χ1v) is 7.20. The molecule has 100 valence electrons. The fourth-order valence-corrected chi connectivity index (χ4v) is 3.70. The van der Waals surface area contributed by atoms with Gasteiger partial charge in [-0.3, -0.25) is 5.10 Å². The van der Waals surface area contributed by atoms with Crippen LogP contribution in [0.2, 0.25) is 0 Å². The Hall–Kier alpha value is -0.830. The minimum Gasteiger partial charge on any atom is -0.306 e. The van der Waals surface area contributed by atoms with Crippen molar-refractivity contribution in [3.05, 3.63) is 17.0 Å². The van der Waals surface area contributed by atoms with E-state index in [-0.39, 0.29) is 5.41 Å². The second-order valence-corrected chi connectivity index (χ2v) is 7.26. The van der Waals surface area contributed by atoms with Gasteiger partial charge in [-0.05, 0) is 50.3 Å². The molecule has 0 amide bonds. The number of likely N-dealkylation sites (tertiary alicyclic amines) is 1. The van der Waals surface area contributed by atoms with Crippen molar-refractivity contribution in [2.45, 2.75) is 45.4 Å². The number of hydrogen-bond acceptors (Lipinski definition) is 2. The topological polar surface area (TPSA) is 31.9 Å². The van der Waals surface area contributed by atoms with Gasteiger partial charge in [-0.2, -0.15) is 5.10 Å². The Bertz CT molecular complexity index is 441. The summed E-state index contributed by atoms with van der Waals surface area (Å²) >= 11 is 0. The number of H-pyrrole nitrogens is 1. The van der Waals surface area contributed by atoms with E-state index >= 15 is 0 Å². The smallest absolute Gasteiger partial charge is 0.0710 e. The highest BCUT2D eigenvalue weighted by Crippen LogP contribution is 2.38. The second-order valence-electron chi connectivity index (χ2n) is 7.26. The normalized spacial score (nSPS) is 28.9. The first kappa shape index (κ1) is 12.2. The Morgan fingerprint density at radius 1 is 1.22 bits per heavy atom. The van der Waals surface area contributed by atoms with Crippen LogP contribution in [0.1, 0.15) is 44.1 Å². The molecule has 1 saturated heterocycles. The largest absolute Gasteiger partial charge is 0.306 e. The lowest BCUT2D eigenvalue weighted by Gasteiger charge is -2.40. The van der Waals surface area contributed by atoms with Crippen LogP contribution in [-0.4, -0.2) is 35.2 Å². The molecule has 2 atom stereocenters. The molecule has 0 bridgehead atoms.